The number of anilines is 1. The first kappa shape index (κ1) is 11.1. The minimum atomic E-state index is 0.427. The summed E-state index contributed by atoms with van der Waals surface area (Å²) in [7, 11) is 0. The molecule has 2 N–H and O–H groups in total. The summed E-state index contributed by atoms with van der Waals surface area (Å²) >= 11 is 0. The van der Waals surface area contributed by atoms with Gasteiger partial charge in [0.1, 0.15) is 0 Å². The smallest absolute Gasteiger partial charge is 0.0560 e. The van der Waals surface area contributed by atoms with Gasteiger partial charge in [-0.2, -0.15) is 0 Å². The number of hydrogen-bond donors (Lipinski definition) is 2. The van der Waals surface area contributed by atoms with Gasteiger partial charge in [-0.15, -0.1) is 0 Å². The Balaban J connectivity index is 1.79. The molecule has 0 aliphatic carbocycles. The van der Waals surface area contributed by atoms with E-state index in [1.165, 1.54) is 23.2 Å². The lowest BCUT2D eigenvalue weighted by Crippen LogP contribution is -2.32. The van der Waals surface area contributed by atoms with Crippen LogP contribution in [-0.2, 0) is 0 Å². The van der Waals surface area contributed by atoms with Crippen LogP contribution in [-0.4, -0.2) is 6.54 Å². The molecule has 96 valence electrons. The first-order valence-corrected chi connectivity index (χ1v) is 7.07. The van der Waals surface area contributed by atoms with E-state index in [9.17, 15) is 0 Å². The Hall–Kier alpha value is -1.80. The van der Waals surface area contributed by atoms with Crippen molar-refractivity contribution in [3.05, 3.63) is 65.7 Å². The molecule has 0 amide bonds. The minimum Gasteiger partial charge on any atom is -0.378 e. The summed E-state index contributed by atoms with van der Waals surface area (Å²) in [6.07, 6.45) is 1.24. The van der Waals surface area contributed by atoms with Crippen molar-refractivity contribution in [2.45, 2.75) is 18.5 Å². The van der Waals surface area contributed by atoms with E-state index in [-0.39, 0.29) is 0 Å². The molecule has 2 aromatic rings. The Morgan fingerprint density at radius 3 is 2.53 bits per heavy atom. The van der Waals surface area contributed by atoms with E-state index < -0.39 is 0 Å². The normalized spacial score (nSPS) is 28.3. The fraction of sp³-hybridized carbons (Fsp3) is 0.294. The summed E-state index contributed by atoms with van der Waals surface area (Å²) < 4.78 is 0. The molecule has 0 unspecified atom stereocenters. The third-order valence-electron chi connectivity index (χ3n) is 4.46. The van der Waals surface area contributed by atoms with Crippen LogP contribution in [0.5, 0.6) is 0 Å². The third kappa shape index (κ3) is 1.75. The van der Waals surface area contributed by atoms with Crippen LogP contribution in [0, 0.1) is 5.92 Å². The van der Waals surface area contributed by atoms with Crippen LogP contribution in [0.15, 0.2) is 54.6 Å². The molecule has 0 bridgehead atoms. The third-order valence-corrected chi connectivity index (χ3v) is 4.46. The van der Waals surface area contributed by atoms with Crippen molar-refractivity contribution in [1.29, 1.82) is 0 Å². The SMILES string of the molecule is c1ccc([C@H]2Nc3ccccc3[C@H]3NCC[C@@H]23)cc1. The molecule has 0 spiro atoms. The van der Waals surface area contributed by atoms with Crippen LogP contribution < -0.4 is 10.6 Å². The quantitative estimate of drug-likeness (QED) is 0.809. The zero-order chi connectivity index (χ0) is 12.7. The molecule has 3 atom stereocenters. The van der Waals surface area contributed by atoms with Gasteiger partial charge in [-0.3, -0.25) is 0 Å². The predicted octanol–water partition coefficient (Wildman–Crippen LogP) is 3.50. The van der Waals surface area contributed by atoms with Gasteiger partial charge in [-0.1, -0.05) is 48.5 Å². The monoisotopic (exact) mass is 250 g/mol. The topological polar surface area (TPSA) is 24.1 Å². The molecule has 0 radical (unpaired) electrons. The number of para-hydroxylation sites is 1. The molecular weight excluding hydrogens is 232 g/mol. The molecule has 1 saturated heterocycles. The first-order valence-electron chi connectivity index (χ1n) is 7.07. The summed E-state index contributed by atoms with van der Waals surface area (Å²) in [6, 6.07) is 20.5. The van der Waals surface area contributed by atoms with Crippen molar-refractivity contribution in [1.82, 2.24) is 5.32 Å². The van der Waals surface area contributed by atoms with Crippen LogP contribution in [0.1, 0.15) is 29.6 Å². The molecule has 1 fully saturated rings. The van der Waals surface area contributed by atoms with Gasteiger partial charge in [0, 0.05) is 17.6 Å². The van der Waals surface area contributed by atoms with Crippen molar-refractivity contribution < 1.29 is 0 Å². The number of rotatable bonds is 1. The van der Waals surface area contributed by atoms with Crippen LogP contribution in [0.4, 0.5) is 5.69 Å². The molecule has 2 nitrogen and oxygen atoms in total. The lowest BCUT2D eigenvalue weighted by atomic mass is 9.80. The second kappa shape index (κ2) is 4.39. The second-order valence-electron chi connectivity index (χ2n) is 5.50. The summed E-state index contributed by atoms with van der Waals surface area (Å²) in [5.74, 6) is 0.650. The Kier molecular flexibility index (Phi) is 2.56. The van der Waals surface area contributed by atoms with Gasteiger partial charge < -0.3 is 10.6 Å². The van der Waals surface area contributed by atoms with Gasteiger partial charge in [-0.25, -0.2) is 0 Å². The van der Waals surface area contributed by atoms with Gasteiger partial charge in [-0.05, 0) is 30.2 Å². The fourth-order valence-corrected chi connectivity index (χ4v) is 3.59. The Morgan fingerprint density at radius 1 is 0.842 bits per heavy atom. The molecule has 2 aromatic carbocycles. The highest BCUT2D eigenvalue weighted by molar-refractivity contribution is 5.57. The molecule has 2 heteroatoms. The second-order valence-corrected chi connectivity index (χ2v) is 5.50. The van der Waals surface area contributed by atoms with E-state index in [0.29, 0.717) is 18.0 Å². The maximum absolute atomic E-state index is 3.74. The Morgan fingerprint density at radius 2 is 1.63 bits per heavy atom. The molecule has 2 aliphatic heterocycles. The fourth-order valence-electron chi connectivity index (χ4n) is 3.59. The van der Waals surface area contributed by atoms with Crippen molar-refractivity contribution in [3.63, 3.8) is 0 Å². The zero-order valence-electron chi connectivity index (χ0n) is 10.8. The largest absolute Gasteiger partial charge is 0.378 e. The number of benzene rings is 2. The lowest BCUT2D eigenvalue weighted by molar-refractivity contribution is 0.391. The summed E-state index contributed by atoms with van der Waals surface area (Å²) in [6.45, 7) is 1.12. The van der Waals surface area contributed by atoms with Gasteiger partial charge in [0.2, 0.25) is 0 Å². The standard InChI is InChI=1S/C17H18N2/c1-2-6-12(7-3-1)16-14-10-11-18-17(14)13-8-4-5-9-15(13)19-16/h1-9,14,16-19H,10-11H2/t14-,16+,17+/m0/s1. The van der Waals surface area contributed by atoms with Gasteiger partial charge in [0.15, 0.2) is 0 Å². The molecule has 0 saturated carbocycles. The summed E-state index contributed by atoms with van der Waals surface area (Å²) in [5.41, 5.74) is 4.11. The van der Waals surface area contributed by atoms with Gasteiger partial charge in [0.25, 0.3) is 0 Å². The Bertz CT molecular complexity index is 579. The first-order chi connectivity index (χ1) is 9.43. The van der Waals surface area contributed by atoms with Crippen LogP contribution >= 0.6 is 0 Å². The summed E-state index contributed by atoms with van der Waals surface area (Å²) in [5, 5.41) is 7.42. The van der Waals surface area contributed by atoms with Crippen molar-refractivity contribution >= 4 is 5.69 Å². The van der Waals surface area contributed by atoms with E-state index in [2.05, 4.69) is 65.2 Å². The van der Waals surface area contributed by atoms with E-state index >= 15 is 0 Å². The average molecular weight is 250 g/mol. The van der Waals surface area contributed by atoms with Crippen LogP contribution in [0.3, 0.4) is 0 Å². The van der Waals surface area contributed by atoms with E-state index in [4.69, 9.17) is 0 Å². The van der Waals surface area contributed by atoms with E-state index in [1.54, 1.807) is 0 Å². The maximum Gasteiger partial charge on any atom is 0.0560 e. The average Bonchev–Trinajstić information content (AvgIpc) is 2.97. The van der Waals surface area contributed by atoms with Crippen LogP contribution in [0.25, 0.3) is 0 Å². The van der Waals surface area contributed by atoms with E-state index in [1.807, 2.05) is 0 Å². The highest BCUT2D eigenvalue weighted by atomic mass is 15.0. The minimum absolute atomic E-state index is 0.427. The lowest BCUT2D eigenvalue weighted by Gasteiger charge is -2.37. The maximum atomic E-state index is 3.74. The highest BCUT2D eigenvalue weighted by Crippen LogP contribution is 2.46. The summed E-state index contributed by atoms with van der Waals surface area (Å²) in [4.78, 5) is 0. The molecule has 19 heavy (non-hydrogen) atoms. The van der Waals surface area contributed by atoms with Crippen molar-refractivity contribution in [2.75, 3.05) is 11.9 Å². The number of fused-ring (bicyclic) bond motifs is 3. The highest BCUT2D eigenvalue weighted by Gasteiger charge is 2.39. The van der Waals surface area contributed by atoms with Gasteiger partial charge >= 0.3 is 0 Å². The van der Waals surface area contributed by atoms with Gasteiger partial charge in [0.05, 0.1) is 6.04 Å². The number of hydrogen-bond acceptors (Lipinski definition) is 2. The molecule has 2 heterocycles. The molecule has 2 aliphatic rings. The zero-order valence-corrected chi connectivity index (χ0v) is 10.8. The molecule has 4 rings (SSSR count). The number of nitrogens with one attached hydrogen (secondary N) is 2. The predicted molar refractivity (Wildman–Crippen MR) is 78.1 cm³/mol. The van der Waals surface area contributed by atoms with Crippen molar-refractivity contribution in [3.8, 4) is 0 Å². The van der Waals surface area contributed by atoms with Crippen molar-refractivity contribution in [2.24, 2.45) is 5.92 Å². The molecule has 0 aromatic heterocycles. The van der Waals surface area contributed by atoms with Crippen LogP contribution in [0.2, 0.25) is 0 Å². The van der Waals surface area contributed by atoms with E-state index in [0.717, 1.165) is 6.54 Å². The Labute approximate surface area is 113 Å². The molecular formula is C17H18N2.